The summed E-state index contributed by atoms with van der Waals surface area (Å²) in [5, 5.41) is 0. The molecule has 2 aliphatic heterocycles. The normalized spacial score (nSPS) is 18.1. The number of benzene rings is 1. The summed E-state index contributed by atoms with van der Waals surface area (Å²) < 4.78 is 26.0. The van der Waals surface area contributed by atoms with Gasteiger partial charge >= 0.3 is 12.2 Å². The lowest BCUT2D eigenvalue weighted by Crippen LogP contribution is -2.42. The Morgan fingerprint density at radius 2 is 1.67 bits per heavy atom. The quantitative estimate of drug-likeness (QED) is 0.0948. The zero-order chi connectivity index (χ0) is 39.5. The number of piperidine rings is 1. The number of carbonyl (C=O) groups excluding carboxylic acids is 2. The average Bonchev–Trinajstić information content (AvgIpc) is 3.89. The lowest BCUT2D eigenvalue weighted by atomic mass is 10.0. The van der Waals surface area contributed by atoms with E-state index in [0.717, 1.165) is 54.4 Å². The first-order valence-corrected chi connectivity index (χ1v) is 23.1. The van der Waals surface area contributed by atoms with Crippen LogP contribution in [0.5, 0.6) is 0 Å². The number of ether oxygens (including phenoxy) is 3. The van der Waals surface area contributed by atoms with Crippen LogP contribution in [0.3, 0.4) is 0 Å². The maximum Gasteiger partial charge on any atom is 0.411 e. The minimum absolute atomic E-state index is 0.187. The van der Waals surface area contributed by atoms with Crippen LogP contribution >= 0.6 is 0 Å². The second kappa shape index (κ2) is 16.2. The number of likely N-dealkylation sites (tertiary alicyclic amines) is 1. The van der Waals surface area contributed by atoms with Crippen LogP contribution in [-0.2, 0) is 20.9 Å². The van der Waals surface area contributed by atoms with Crippen molar-refractivity contribution in [2.75, 3.05) is 19.7 Å². The highest BCUT2D eigenvalue weighted by molar-refractivity contribution is 6.76. The topological polar surface area (TPSA) is 141 Å². The van der Waals surface area contributed by atoms with E-state index in [1.807, 2.05) is 88.8 Å². The van der Waals surface area contributed by atoms with Crippen LogP contribution in [0.4, 0.5) is 9.59 Å². The molecule has 14 heteroatoms. The van der Waals surface area contributed by atoms with Crippen LogP contribution in [0.2, 0.25) is 25.7 Å². The molecule has 3 aromatic heterocycles. The van der Waals surface area contributed by atoms with E-state index in [0.29, 0.717) is 42.9 Å². The van der Waals surface area contributed by atoms with Crippen molar-refractivity contribution >= 4 is 20.3 Å². The number of oxazole rings is 1. The van der Waals surface area contributed by atoms with E-state index in [-0.39, 0.29) is 25.0 Å². The van der Waals surface area contributed by atoms with Gasteiger partial charge in [0, 0.05) is 45.1 Å². The molecule has 5 heterocycles. The van der Waals surface area contributed by atoms with Crippen LogP contribution in [0.25, 0.3) is 34.2 Å². The molecule has 0 aliphatic carbocycles. The fourth-order valence-corrected chi connectivity index (χ4v) is 7.38. The molecule has 1 saturated heterocycles. The Morgan fingerprint density at radius 1 is 0.945 bits per heavy atom. The Morgan fingerprint density at radius 3 is 2.40 bits per heavy atom. The lowest BCUT2D eigenvalue weighted by Gasteiger charge is -2.35. The summed E-state index contributed by atoms with van der Waals surface area (Å²) in [5.74, 6) is 2.32. The Kier molecular flexibility index (Phi) is 11.8. The number of aromatic nitrogens is 5. The summed E-state index contributed by atoms with van der Waals surface area (Å²) in [6, 6.07) is 8.36. The second-order valence-corrected chi connectivity index (χ2v) is 23.2. The number of carbonyl (C=O) groups is 2. The standard InChI is InChI=1S/C41H57N7O6Si/c1-40(2,3)53-38(49)47-19-12-10-17-32(47)35-42-24-30(44-35)28-15-14-16-29(23-28)34-25-43-37(52-34)31-26-46(27-51-21-22-55(7,8)9)36(45-31)33-18-11-13-20-48(33)39(50)54-41(4,5)6/h11,14-16,18,23-26,32-33H,10,12-13,17,19-22,27H2,1-9H3,(H,42,44)/t32-,33-/m0/s1. The molecule has 0 spiro atoms. The van der Waals surface area contributed by atoms with Crippen molar-refractivity contribution in [3.63, 3.8) is 0 Å². The van der Waals surface area contributed by atoms with Crippen LogP contribution in [0.15, 0.2) is 59.4 Å². The van der Waals surface area contributed by atoms with Crippen LogP contribution in [0.1, 0.15) is 91.0 Å². The van der Waals surface area contributed by atoms with Crippen molar-refractivity contribution < 1.29 is 28.2 Å². The van der Waals surface area contributed by atoms with E-state index in [4.69, 9.17) is 28.6 Å². The molecular formula is C41H57N7O6Si. The van der Waals surface area contributed by atoms with Gasteiger partial charge in [0.05, 0.1) is 24.1 Å². The van der Waals surface area contributed by atoms with Gasteiger partial charge in [-0.25, -0.2) is 24.5 Å². The number of imidazole rings is 2. The minimum Gasteiger partial charge on any atom is -0.444 e. The molecule has 0 saturated carbocycles. The Hall–Kier alpha value is -4.69. The van der Waals surface area contributed by atoms with Gasteiger partial charge in [-0.15, -0.1) is 0 Å². The number of rotatable bonds is 10. The fourth-order valence-electron chi connectivity index (χ4n) is 6.62. The summed E-state index contributed by atoms with van der Waals surface area (Å²) in [7, 11) is -1.29. The highest BCUT2D eigenvalue weighted by atomic mass is 28.3. The van der Waals surface area contributed by atoms with Gasteiger partial charge in [0.2, 0.25) is 5.89 Å². The van der Waals surface area contributed by atoms with Crippen molar-refractivity contribution in [2.45, 2.75) is 123 Å². The third-order valence-electron chi connectivity index (χ3n) is 9.34. The van der Waals surface area contributed by atoms with E-state index in [2.05, 4.69) is 35.7 Å². The first-order valence-electron chi connectivity index (χ1n) is 19.4. The van der Waals surface area contributed by atoms with Crippen molar-refractivity contribution in [1.82, 2.24) is 34.3 Å². The number of nitrogens with zero attached hydrogens (tertiary/aromatic N) is 6. The van der Waals surface area contributed by atoms with Gasteiger partial charge in [0.25, 0.3) is 0 Å². The zero-order valence-electron chi connectivity index (χ0n) is 33.8. The molecule has 1 N–H and O–H groups in total. The number of H-pyrrole nitrogens is 1. The van der Waals surface area contributed by atoms with Crippen molar-refractivity contribution in [3.05, 3.63) is 66.7 Å². The maximum absolute atomic E-state index is 13.4. The van der Waals surface area contributed by atoms with Crippen molar-refractivity contribution in [3.8, 4) is 34.2 Å². The average molecular weight is 772 g/mol. The van der Waals surface area contributed by atoms with Gasteiger partial charge < -0.3 is 28.2 Å². The van der Waals surface area contributed by atoms with Crippen LogP contribution < -0.4 is 0 Å². The molecular weight excluding hydrogens is 715 g/mol. The Bertz CT molecular complexity index is 1980. The van der Waals surface area contributed by atoms with Gasteiger partial charge in [0.1, 0.15) is 41.3 Å². The molecule has 1 aromatic carbocycles. The predicted molar refractivity (Wildman–Crippen MR) is 214 cm³/mol. The summed E-state index contributed by atoms with van der Waals surface area (Å²) >= 11 is 0. The molecule has 55 heavy (non-hydrogen) atoms. The second-order valence-electron chi connectivity index (χ2n) is 17.6. The minimum atomic E-state index is -1.29. The molecule has 2 amide bonds. The number of amides is 2. The van der Waals surface area contributed by atoms with Gasteiger partial charge in [-0.1, -0.05) is 50.0 Å². The molecule has 1 fully saturated rings. The van der Waals surface area contributed by atoms with E-state index in [1.165, 1.54) is 0 Å². The Balaban J connectivity index is 1.24. The molecule has 0 radical (unpaired) electrons. The molecule has 296 valence electrons. The van der Waals surface area contributed by atoms with E-state index >= 15 is 0 Å². The predicted octanol–water partition coefficient (Wildman–Crippen LogP) is 9.61. The maximum atomic E-state index is 13.4. The fraction of sp³-hybridized carbons (Fsp3) is 0.537. The SMILES string of the molecule is CC(C)(C)OC(=O)N1CCC=C[C@H]1c1nc(-c2ncc(-c3cccc(-c4cnc([C@@H]5CCCCN5C(=O)OC(C)(C)C)[nH]4)c3)o2)cn1COCC[Si](C)(C)C. The highest BCUT2D eigenvalue weighted by Gasteiger charge is 2.34. The summed E-state index contributed by atoms with van der Waals surface area (Å²) in [6.07, 6.45) is 12.2. The van der Waals surface area contributed by atoms with E-state index in [9.17, 15) is 9.59 Å². The third kappa shape index (κ3) is 10.3. The lowest BCUT2D eigenvalue weighted by molar-refractivity contribution is 0.00843. The first-order chi connectivity index (χ1) is 25.9. The summed E-state index contributed by atoms with van der Waals surface area (Å²) in [5.41, 5.74) is 1.91. The van der Waals surface area contributed by atoms with Gasteiger partial charge in [-0.2, -0.15) is 0 Å². The molecule has 0 bridgehead atoms. The van der Waals surface area contributed by atoms with Gasteiger partial charge in [0.15, 0.2) is 5.76 Å². The largest absolute Gasteiger partial charge is 0.444 e. The smallest absolute Gasteiger partial charge is 0.411 e. The number of hydrogen-bond acceptors (Lipinski definition) is 9. The zero-order valence-corrected chi connectivity index (χ0v) is 34.8. The van der Waals surface area contributed by atoms with Crippen LogP contribution in [0, 0.1) is 0 Å². The molecule has 0 unspecified atom stereocenters. The van der Waals surface area contributed by atoms with E-state index in [1.54, 1.807) is 16.0 Å². The van der Waals surface area contributed by atoms with Gasteiger partial charge in [-0.05, 0) is 79.3 Å². The van der Waals surface area contributed by atoms with Gasteiger partial charge in [-0.3, -0.25) is 9.80 Å². The van der Waals surface area contributed by atoms with Crippen molar-refractivity contribution in [1.29, 1.82) is 0 Å². The number of hydrogen-bond donors (Lipinski definition) is 1. The molecule has 13 nitrogen and oxygen atoms in total. The first kappa shape index (κ1) is 40.0. The monoisotopic (exact) mass is 771 g/mol. The number of aromatic amines is 1. The molecule has 2 aliphatic rings. The summed E-state index contributed by atoms with van der Waals surface area (Å²) in [6.45, 7) is 20.3. The molecule has 6 rings (SSSR count). The Labute approximate surface area is 325 Å². The number of nitrogens with one attached hydrogen (secondary N) is 1. The highest BCUT2D eigenvalue weighted by Crippen LogP contribution is 2.35. The van der Waals surface area contributed by atoms with E-state index < -0.39 is 25.3 Å². The van der Waals surface area contributed by atoms with Crippen molar-refractivity contribution in [2.24, 2.45) is 0 Å². The third-order valence-corrected chi connectivity index (χ3v) is 11.0. The van der Waals surface area contributed by atoms with Crippen LogP contribution in [-0.4, -0.2) is 85.5 Å². The summed E-state index contributed by atoms with van der Waals surface area (Å²) in [4.78, 5) is 47.8. The molecule has 2 atom stereocenters. The molecule has 4 aromatic rings.